The first-order valence-corrected chi connectivity index (χ1v) is 12.3. The van der Waals surface area contributed by atoms with Gasteiger partial charge in [-0.2, -0.15) is 0 Å². The van der Waals surface area contributed by atoms with Gasteiger partial charge in [-0.05, 0) is 77.8 Å². The maximum absolute atomic E-state index is 14.0. The number of alkyl halides is 1. The standard InChI is InChI=1S/C26H40FN5O2/c1-4-5-6-23(27)9-7-21(13-16-33)8-10-24-25(19(2)30-18-31-24)32-20(3)26(34)29-17-22-11-14-28-15-12-22/h4-5,7,9,18,21-23,28,33H,6,8,10-17H2,1-3H3,(H,29,34)/b5-4+,9-7+,32-20?. The molecule has 0 saturated carbocycles. The van der Waals surface area contributed by atoms with E-state index < -0.39 is 6.17 Å². The second-order valence-corrected chi connectivity index (χ2v) is 8.87. The summed E-state index contributed by atoms with van der Waals surface area (Å²) in [5.74, 6) is 0.341. The van der Waals surface area contributed by atoms with E-state index in [2.05, 4.69) is 25.6 Å². The van der Waals surface area contributed by atoms with E-state index in [9.17, 15) is 14.3 Å². The molecule has 3 N–H and O–H groups in total. The summed E-state index contributed by atoms with van der Waals surface area (Å²) in [6, 6.07) is 0. The molecule has 1 aliphatic heterocycles. The van der Waals surface area contributed by atoms with E-state index in [4.69, 9.17) is 0 Å². The lowest BCUT2D eigenvalue weighted by atomic mass is 9.96. The van der Waals surface area contributed by atoms with Crippen molar-refractivity contribution in [1.29, 1.82) is 0 Å². The van der Waals surface area contributed by atoms with Crippen LogP contribution >= 0.6 is 0 Å². The predicted octanol–water partition coefficient (Wildman–Crippen LogP) is 3.78. The monoisotopic (exact) mass is 473 g/mol. The van der Waals surface area contributed by atoms with Crippen LogP contribution in [0.15, 0.2) is 35.6 Å². The number of rotatable bonds is 13. The zero-order valence-corrected chi connectivity index (χ0v) is 20.8. The molecule has 8 heteroatoms. The molecule has 1 saturated heterocycles. The van der Waals surface area contributed by atoms with Gasteiger partial charge < -0.3 is 15.7 Å². The Balaban J connectivity index is 2.03. The smallest absolute Gasteiger partial charge is 0.265 e. The summed E-state index contributed by atoms with van der Waals surface area (Å²) >= 11 is 0. The molecular formula is C26H40FN5O2. The number of allylic oxidation sites excluding steroid dienone is 4. The SMILES string of the molecule is C/C=C/CC(F)/C=C/C(CCO)CCc1ncnc(C)c1N=C(C)C(=O)NCC1CCNCC1. The normalized spacial score (nSPS) is 17.4. The molecule has 0 bridgehead atoms. The number of amides is 1. The molecule has 2 rings (SSSR count). The van der Waals surface area contributed by atoms with Gasteiger partial charge in [-0.25, -0.2) is 19.4 Å². The van der Waals surface area contributed by atoms with Gasteiger partial charge in [-0.15, -0.1) is 0 Å². The predicted molar refractivity (Wildman–Crippen MR) is 135 cm³/mol. The van der Waals surface area contributed by atoms with E-state index in [1.54, 1.807) is 19.1 Å². The highest BCUT2D eigenvalue weighted by atomic mass is 19.1. The minimum Gasteiger partial charge on any atom is -0.396 e. The number of aliphatic hydroxyl groups excluding tert-OH is 1. The van der Waals surface area contributed by atoms with Crippen molar-refractivity contribution in [3.8, 4) is 0 Å². The number of aromatic nitrogens is 2. The highest BCUT2D eigenvalue weighted by Gasteiger charge is 2.17. The van der Waals surface area contributed by atoms with Gasteiger partial charge in [0.15, 0.2) is 0 Å². The van der Waals surface area contributed by atoms with Crippen LogP contribution in [0, 0.1) is 18.8 Å². The number of nitrogens with one attached hydrogen (secondary N) is 2. The minimum atomic E-state index is -1.04. The fraction of sp³-hybridized carbons (Fsp3) is 0.615. The maximum atomic E-state index is 14.0. The summed E-state index contributed by atoms with van der Waals surface area (Å²) in [6.07, 6.45) is 11.8. The Morgan fingerprint density at radius 3 is 2.79 bits per heavy atom. The van der Waals surface area contributed by atoms with Crippen LogP contribution in [0.1, 0.15) is 57.3 Å². The van der Waals surface area contributed by atoms with Crippen molar-refractivity contribution in [1.82, 2.24) is 20.6 Å². The first-order valence-electron chi connectivity index (χ1n) is 12.3. The fourth-order valence-electron chi connectivity index (χ4n) is 3.96. The molecule has 188 valence electrons. The molecule has 2 unspecified atom stereocenters. The Morgan fingerprint density at radius 2 is 2.09 bits per heavy atom. The molecule has 7 nitrogen and oxygen atoms in total. The van der Waals surface area contributed by atoms with Gasteiger partial charge in [0.1, 0.15) is 23.9 Å². The molecule has 0 aromatic carbocycles. The largest absolute Gasteiger partial charge is 0.396 e. The van der Waals surface area contributed by atoms with Crippen LogP contribution in [0.25, 0.3) is 0 Å². The van der Waals surface area contributed by atoms with Crippen LogP contribution in [0.4, 0.5) is 10.1 Å². The number of aliphatic imine (C=N–C) groups is 1. The first kappa shape index (κ1) is 27.8. The van der Waals surface area contributed by atoms with E-state index in [1.807, 2.05) is 26.0 Å². The highest BCUT2D eigenvalue weighted by Crippen LogP contribution is 2.24. The Morgan fingerprint density at radius 1 is 1.32 bits per heavy atom. The number of carbonyl (C=O) groups is 1. The Labute approximate surface area is 203 Å². The molecule has 0 radical (unpaired) electrons. The lowest BCUT2D eigenvalue weighted by Gasteiger charge is -2.22. The van der Waals surface area contributed by atoms with Crippen molar-refractivity contribution in [2.75, 3.05) is 26.2 Å². The third kappa shape index (κ3) is 9.81. The summed E-state index contributed by atoms with van der Waals surface area (Å²) in [4.78, 5) is 25.9. The molecule has 0 spiro atoms. The van der Waals surface area contributed by atoms with Crippen LogP contribution in [-0.2, 0) is 11.2 Å². The summed E-state index contributed by atoms with van der Waals surface area (Å²) in [5.41, 5.74) is 2.45. The number of nitrogens with zero attached hydrogens (tertiary/aromatic N) is 3. The molecule has 2 heterocycles. The lowest BCUT2D eigenvalue weighted by Crippen LogP contribution is -2.38. The van der Waals surface area contributed by atoms with Crippen molar-refractivity contribution >= 4 is 17.3 Å². The van der Waals surface area contributed by atoms with Crippen LogP contribution in [0.3, 0.4) is 0 Å². The summed E-state index contributed by atoms with van der Waals surface area (Å²) in [6.45, 7) is 8.10. The quantitative estimate of drug-likeness (QED) is 0.299. The van der Waals surface area contributed by atoms with E-state index in [0.717, 1.165) is 31.6 Å². The number of hydrogen-bond acceptors (Lipinski definition) is 6. The number of carbonyl (C=O) groups excluding carboxylic acids is 1. The van der Waals surface area contributed by atoms with E-state index in [0.29, 0.717) is 55.2 Å². The van der Waals surface area contributed by atoms with Gasteiger partial charge in [0.2, 0.25) is 0 Å². The summed E-state index contributed by atoms with van der Waals surface area (Å²) in [7, 11) is 0. The first-order chi connectivity index (χ1) is 16.4. The van der Waals surface area contributed by atoms with Gasteiger partial charge in [0.05, 0.1) is 11.4 Å². The van der Waals surface area contributed by atoms with Crippen LogP contribution < -0.4 is 10.6 Å². The molecule has 34 heavy (non-hydrogen) atoms. The van der Waals surface area contributed by atoms with Gasteiger partial charge in [-0.3, -0.25) is 4.79 Å². The average molecular weight is 474 g/mol. The van der Waals surface area contributed by atoms with Crippen molar-refractivity contribution in [3.05, 3.63) is 42.0 Å². The lowest BCUT2D eigenvalue weighted by molar-refractivity contribution is -0.115. The van der Waals surface area contributed by atoms with E-state index in [-0.39, 0.29) is 18.4 Å². The number of piperidine rings is 1. The second kappa shape index (κ2) is 15.5. The molecule has 1 aromatic rings. The summed E-state index contributed by atoms with van der Waals surface area (Å²) < 4.78 is 14.0. The molecule has 1 aromatic heterocycles. The number of aliphatic hydroxyl groups is 1. The molecule has 0 aliphatic carbocycles. The molecule has 1 amide bonds. The maximum Gasteiger partial charge on any atom is 0.265 e. The van der Waals surface area contributed by atoms with Crippen molar-refractivity contribution in [3.63, 3.8) is 0 Å². The highest BCUT2D eigenvalue weighted by molar-refractivity contribution is 6.38. The van der Waals surface area contributed by atoms with Gasteiger partial charge >= 0.3 is 0 Å². The fourth-order valence-corrected chi connectivity index (χ4v) is 3.96. The van der Waals surface area contributed by atoms with E-state index in [1.165, 1.54) is 6.33 Å². The Hall–Kier alpha value is -2.45. The van der Waals surface area contributed by atoms with Crippen molar-refractivity contribution in [2.24, 2.45) is 16.8 Å². The van der Waals surface area contributed by atoms with Crippen molar-refractivity contribution in [2.45, 2.75) is 65.5 Å². The molecule has 2 atom stereocenters. The third-order valence-corrected chi connectivity index (χ3v) is 6.14. The molecule has 1 fully saturated rings. The number of aryl methyl sites for hydroxylation is 2. The number of halogens is 1. The Kier molecular flexibility index (Phi) is 12.6. The molecule has 1 aliphatic rings. The Bertz CT molecular complexity index is 850. The van der Waals surface area contributed by atoms with Gasteiger partial charge in [0.25, 0.3) is 5.91 Å². The third-order valence-electron chi connectivity index (χ3n) is 6.14. The van der Waals surface area contributed by atoms with Crippen LogP contribution in [-0.4, -0.2) is 59.1 Å². The molecular weight excluding hydrogens is 433 g/mol. The zero-order valence-electron chi connectivity index (χ0n) is 20.8. The topological polar surface area (TPSA) is 99.5 Å². The van der Waals surface area contributed by atoms with Crippen molar-refractivity contribution < 1.29 is 14.3 Å². The summed E-state index contributed by atoms with van der Waals surface area (Å²) in [5, 5.41) is 15.8. The number of hydrogen-bond donors (Lipinski definition) is 3. The van der Waals surface area contributed by atoms with Crippen LogP contribution in [0.2, 0.25) is 0 Å². The van der Waals surface area contributed by atoms with E-state index >= 15 is 0 Å². The van der Waals surface area contributed by atoms with Crippen LogP contribution in [0.5, 0.6) is 0 Å². The van der Waals surface area contributed by atoms with Gasteiger partial charge in [-0.1, -0.05) is 24.3 Å². The second-order valence-electron chi connectivity index (χ2n) is 8.87. The van der Waals surface area contributed by atoms with Gasteiger partial charge in [0, 0.05) is 19.6 Å². The minimum absolute atomic E-state index is 0.0235. The zero-order chi connectivity index (χ0) is 24.8. The average Bonchev–Trinajstić information content (AvgIpc) is 2.85.